The first-order valence-electron chi connectivity index (χ1n) is 9.10. The van der Waals surface area contributed by atoms with E-state index >= 15 is 0 Å². The van der Waals surface area contributed by atoms with E-state index in [1.54, 1.807) is 33.7 Å². The molecule has 1 aliphatic carbocycles. The number of halogens is 1. The smallest absolute Gasteiger partial charge is 0.263 e. The van der Waals surface area contributed by atoms with Crippen LogP contribution < -0.4 is 5.56 Å². The van der Waals surface area contributed by atoms with Gasteiger partial charge in [0.05, 0.1) is 5.39 Å². The summed E-state index contributed by atoms with van der Waals surface area (Å²) in [5, 5.41) is 1.62. The maximum absolute atomic E-state index is 13.3. The zero-order chi connectivity index (χ0) is 19.0. The fraction of sp³-hybridized carbons (Fsp3) is 0.333. The molecule has 6 heteroatoms. The molecular weight excluding hydrogens is 440 g/mol. The number of aryl methyl sites for hydroxylation is 1. The van der Waals surface area contributed by atoms with Crippen molar-refractivity contribution in [3.05, 3.63) is 67.8 Å². The summed E-state index contributed by atoms with van der Waals surface area (Å²) < 4.78 is 2.85. The molecule has 0 aliphatic heterocycles. The molecule has 2 aromatic heterocycles. The summed E-state index contributed by atoms with van der Waals surface area (Å²) in [6.45, 7) is 6.61. The normalized spacial score (nSPS) is 16.4. The lowest BCUT2D eigenvalue weighted by atomic mass is 9.89. The molecule has 0 saturated carbocycles. The average Bonchev–Trinajstić information content (AvgIpc) is 3.01. The second-order valence-corrected chi connectivity index (χ2v) is 9.99. The Kier molecular flexibility index (Phi) is 5.58. The van der Waals surface area contributed by atoms with Crippen LogP contribution in [0.2, 0.25) is 0 Å². The lowest BCUT2D eigenvalue weighted by molar-refractivity contribution is 0.509. The average molecular weight is 461 g/mol. The lowest BCUT2D eigenvalue weighted by Gasteiger charge is -2.17. The van der Waals surface area contributed by atoms with E-state index in [0.29, 0.717) is 12.5 Å². The highest BCUT2D eigenvalue weighted by atomic mass is 79.9. The molecule has 2 heterocycles. The van der Waals surface area contributed by atoms with Gasteiger partial charge >= 0.3 is 0 Å². The number of allylic oxidation sites excluding steroid dienone is 1. The molecule has 1 aliphatic rings. The van der Waals surface area contributed by atoms with Gasteiger partial charge in [0.15, 0.2) is 5.16 Å². The van der Waals surface area contributed by atoms with Crippen LogP contribution in [0.1, 0.15) is 29.3 Å². The minimum Gasteiger partial charge on any atom is -0.283 e. The number of hydrogen-bond donors (Lipinski definition) is 0. The van der Waals surface area contributed by atoms with Crippen molar-refractivity contribution in [1.82, 2.24) is 9.55 Å². The standard InChI is InChI=1S/C21H21BrN2OS2/c1-3-10-24-20(25)18-16-9-4-13(2)11-17(16)27-19(18)23-21(24)26-12-14-5-7-15(22)8-6-14/h3,5-8,13H,1,4,9-12H2,2H3. The maximum Gasteiger partial charge on any atom is 0.263 e. The molecule has 0 fully saturated rings. The van der Waals surface area contributed by atoms with E-state index < -0.39 is 0 Å². The van der Waals surface area contributed by atoms with Crippen LogP contribution in [0.5, 0.6) is 0 Å². The van der Waals surface area contributed by atoms with Crippen molar-refractivity contribution in [1.29, 1.82) is 0 Å². The van der Waals surface area contributed by atoms with Crippen LogP contribution in [0.4, 0.5) is 0 Å². The summed E-state index contributed by atoms with van der Waals surface area (Å²) in [6.07, 6.45) is 4.99. The Balaban J connectivity index is 1.75. The number of hydrogen-bond acceptors (Lipinski definition) is 4. The van der Waals surface area contributed by atoms with Crippen molar-refractivity contribution in [2.75, 3.05) is 0 Å². The van der Waals surface area contributed by atoms with Crippen LogP contribution in [0.25, 0.3) is 10.2 Å². The Labute approximate surface area is 175 Å². The second kappa shape index (κ2) is 7.94. The number of aromatic nitrogens is 2. The minimum absolute atomic E-state index is 0.0882. The molecular formula is C21H21BrN2OS2. The van der Waals surface area contributed by atoms with Gasteiger partial charge < -0.3 is 0 Å². The van der Waals surface area contributed by atoms with Crippen LogP contribution >= 0.6 is 39.0 Å². The molecule has 0 amide bonds. The Bertz CT molecular complexity index is 1050. The molecule has 140 valence electrons. The van der Waals surface area contributed by atoms with Gasteiger partial charge in [0.2, 0.25) is 0 Å². The largest absolute Gasteiger partial charge is 0.283 e. The Morgan fingerprint density at radius 3 is 2.93 bits per heavy atom. The molecule has 0 spiro atoms. The lowest BCUT2D eigenvalue weighted by Crippen LogP contribution is -2.23. The maximum atomic E-state index is 13.3. The van der Waals surface area contributed by atoms with Crippen LogP contribution in [-0.4, -0.2) is 9.55 Å². The van der Waals surface area contributed by atoms with E-state index in [1.165, 1.54) is 16.0 Å². The molecule has 4 rings (SSSR count). The molecule has 0 saturated heterocycles. The monoisotopic (exact) mass is 460 g/mol. The third kappa shape index (κ3) is 3.80. The fourth-order valence-corrected chi connectivity index (χ4v) is 6.19. The molecule has 1 aromatic carbocycles. The summed E-state index contributed by atoms with van der Waals surface area (Å²) in [5.41, 5.74) is 2.54. The number of thioether (sulfide) groups is 1. The van der Waals surface area contributed by atoms with Gasteiger partial charge in [0.25, 0.3) is 5.56 Å². The van der Waals surface area contributed by atoms with Crippen molar-refractivity contribution in [2.45, 2.75) is 43.6 Å². The Morgan fingerprint density at radius 2 is 2.19 bits per heavy atom. The highest BCUT2D eigenvalue weighted by Gasteiger charge is 2.24. The van der Waals surface area contributed by atoms with Crippen molar-refractivity contribution < 1.29 is 0 Å². The SMILES string of the molecule is C=CCn1c(SCc2ccc(Br)cc2)nc2sc3c(c2c1=O)CCC(C)C3. The zero-order valence-corrected chi connectivity index (χ0v) is 18.4. The number of rotatable bonds is 5. The molecule has 0 radical (unpaired) electrons. The fourth-order valence-electron chi connectivity index (χ4n) is 3.53. The second-order valence-electron chi connectivity index (χ2n) is 7.05. The quantitative estimate of drug-likeness (QED) is 0.273. The molecule has 3 aromatic rings. The third-order valence-electron chi connectivity index (χ3n) is 4.97. The first kappa shape index (κ1) is 19.0. The van der Waals surface area contributed by atoms with Crippen LogP contribution in [0, 0.1) is 5.92 Å². The first-order chi connectivity index (χ1) is 13.1. The third-order valence-corrected chi connectivity index (χ3v) is 7.70. The van der Waals surface area contributed by atoms with Crippen LogP contribution in [0.3, 0.4) is 0 Å². The summed E-state index contributed by atoms with van der Waals surface area (Å²) in [5.74, 6) is 1.47. The molecule has 1 unspecified atom stereocenters. The summed E-state index contributed by atoms with van der Waals surface area (Å²) in [6, 6.07) is 8.27. The van der Waals surface area contributed by atoms with Crippen molar-refractivity contribution in [3.8, 4) is 0 Å². The number of fused-ring (bicyclic) bond motifs is 3. The Morgan fingerprint density at radius 1 is 1.41 bits per heavy atom. The zero-order valence-electron chi connectivity index (χ0n) is 15.2. The predicted molar refractivity (Wildman–Crippen MR) is 119 cm³/mol. The van der Waals surface area contributed by atoms with Gasteiger partial charge in [-0.15, -0.1) is 17.9 Å². The van der Waals surface area contributed by atoms with E-state index in [-0.39, 0.29) is 5.56 Å². The van der Waals surface area contributed by atoms with E-state index in [2.05, 4.69) is 41.6 Å². The van der Waals surface area contributed by atoms with Crippen molar-refractivity contribution in [3.63, 3.8) is 0 Å². The van der Waals surface area contributed by atoms with E-state index in [4.69, 9.17) is 4.98 Å². The van der Waals surface area contributed by atoms with E-state index in [9.17, 15) is 4.79 Å². The van der Waals surface area contributed by atoms with Gasteiger partial charge in [-0.05, 0) is 48.4 Å². The molecule has 3 nitrogen and oxygen atoms in total. The van der Waals surface area contributed by atoms with Gasteiger partial charge in [-0.1, -0.05) is 52.8 Å². The van der Waals surface area contributed by atoms with E-state index in [1.807, 2.05) is 12.1 Å². The highest BCUT2D eigenvalue weighted by Crippen LogP contribution is 2.36. The van der Waals surface area contributed by atoms with Gasteiger partial charge in [-0.2, -0.15) is 0 Å². The molecule has 1 atom stereocenters. The van der Waals surface area contributed by atoms with Gasteiger partial charge in [0, 0.05) is 21.6 Å². The Hall–Kier alpha value is -1.37. The summed E-state index contributed by atoms with van der Waals surface area (Å²) in [4.78, 5) is 20.4. The number of thiophene rings is 1. The van der Waals surface area contributed by atoms with Gasteiger partial charge in [0.1, 0.15) is 4.83 Å². The summed E-state index contributed by atoms with van der Waals surface area (Å²) >= 11 is 6.80. The van der Waals surface area contributed by atoms with Crippen molar-refractivity contribution in [2.24, 2.45) is 5.92 Å². The molecule has 0 bridgehead atoms. The number of benzene rings is 1. The highest BCUT2D eigenvalue weighted by molar-refractivity contribution is 9.10. The van der Waals surface area contributed by atoms with Crippen LogP contribution in [0.15, 0.2) is 51.3 Å². The minimum atomic E-state index is 0.0882. The number of nitrogens with zero attached hydrogens (tertiary/aromatic N) is 2. The van der Waals surface area contributed by atoms with Gasteiger partial charge in [-0.25, -0.2) is 4.98 Å². The predicted octanol–water partition coefficient (Wildman–Crippen LogP) is 5.82. The first-order valence-corrected chi connectivity index (χ1v) is 11.7. The van der Waals surface area contributed by atoms with E-state index in [0.717, 1.165) is 44.9 Å². The summed E-state index contributed by atoms with van der Waals surface area (Å²) in [7, 11) is 0. The molecule has 27 heavy (non-hydrogen) atoms. The molecule has 0 N–H and O–H groups in total. The topological polar surface area (TPSA) is 34.9 Å². The van der Waals surface area contributed by atoms with Crippen LogP contribution in [-0.2, 0) is 25.1 Å². The van der Waals surface area contributed by atoms with Crippen molar-refractivity contribution >= 4 is 49.2 Å². The van der Waals surface area contributed by atoms with Gasteiger partial charge in [-0.3, -0.25) is 9.36 Å².